The van der Waals surface area contributed by atoms with E-state index in [0.717, 1.165) is 4.31 Å². The van der Waals surface area contributed by atoms with Crippen molar-refractivity contribution in [2.75, 3.05) is 25.0 Å². The SMILES string of the molecule is CCN(C(=O)CN(C)S(=O)[O-])c1cn(-c2cccnc2)nc1Cl. The Bertz CT molecular complexity index is 709. The fourth-order valence-corrected chi connectivity index (χ4v) is 2.40. The number of hydrogen-bond donors (Lipinski definition) is 0. The van der Waals surface area contributed by atoms with Gasteiger partial charge in [0.15, 0.2) is 5.15 Å². The lowest BCUT2D eigenvalue weighted by Gasteiger charge is -2.24. The molecule has 0 aromatic carbocycles. The van der Waals surface area contributed by atoms with Crippen LogP contribution >= 0.6 is 11.6 Å². The number of carbonyl (C=O) groups excluding carboxylic acids is 1. The predicted octanol–water partition coefficient (Wildman–Crippen LogP) is 0.999. The zero-order chi connectivity index (χ0) is 17.0. The van der Waals surface area contributed by atoms with Gasteiger partial charge in [0.05, 0.1) is 24.6 Å². The maximum atomic E-state index is 12.3. The molecule has 2 aromatic rings. The smallest absolute Gasteiger partial charge is 0.242 e. The average Bonchev–Trinajstić information content (AvgIpc) is 2.91. The van der Waals surface area contributed by atoms with Crippen molar-refractivity contribution >= 4 is 34.5 Å². The topological polar surface area (TPSA) is 94.4 Å². The third-order valence-corrected chi connectivity index (χ3v) is 3.99. The maximum absolute atomic E-state index is 12.3. The molecule has 23 heavy (non-hydrogen) atoms. The summed E-state index contributed by atoms with van der Waals surface area (Å²) in [5.41, 5.74) is 1.11. The van der Waals surface area contributed by atoms with Crippen LogP contribution in [0.4, 0.5) is 5.69 Å². The van der Waals surface area contributed by atoms with Crippen LogP contribution in [0.1, 0.15) is 6.92 Å². The average molecular weight is 357 g/mol. The number of aromatic nitrogens is 3. The fourth-order valence-electron chi connectivity index (χ4n) is 1.96. The van der Waals surface area contributed by atoms with Crippen LogP contribution in [0.15, 0.2) is 30.7 Å². The van der Waals surface area contributed by atoms with Crippen molar-refractivity contribution in [3.8, 4) is 5.69 Å². The summed E-state index contributed by atoms with van der Waals surface area (Å²) in [4.78, 5) is 17.7. The van der Waals surface area contributed by atoms with Gasteiger partial charge < -0.3 is 9.45 Å². The second-order valence-electron chi connectivity index (χ2n) is 4.60. The van der Waals surface area contributed by atoms with E-state index >= 15 is 0 Å². The molecule has 0 saturated carbocycles. The summed E-state index contributed by atoms with van der Waals surface area (Å²) in [6.45, 7) is 1.82. The van der Waals surface area contributed by atoms with Gasteiger partial charge in [-0.2, -0.15) is 5.10 Å². The van der Waals surface area contributed by atoms with E-state index in [4.69, 9.17) is 11.6 Å². The van der Waals surface area contributed by atoms with Gasteiger partial charge in [-0.25, -0.2) is 8.99 Å². The molecule has 0 bridgehead atoms. The first-order valence-electron chi connectivity index (χ1n) is 6.70. The molecule has 8 nitrogen and oxygen atoms in total. The number of pyridine rings is 1. The molecule has 0 saturated heterocycles. The second kappa shape index (κ2) is 7.64. The highest BCUT2D eigenvalue weighted by atomic mass is 35.5. The minimum atomic E-state index is -2.46. The van der Waals surface area contributed by atoms with Crippen LogP contribution in [0.25, 0.3) is 5.69 Å². The van der Waals surface area contributed by atoms with Gasteiger partial charge in [0, 0.05) is 24.0 Å². The first-order chi connectivity index (χ1) is 10.9. The van der Waals surface area contributed by atoms with Crippen LogP contribution < -0.4 is 4.90 Å². The molecule has 2 aromatic heterocycles. The zero-order valence-corrected chi connectivity index (χ0v) is 14.1. The highest BCUT2D eigenvalue weighted by molar-refractivity contribution is 7.76. The summed E-state index contributed by atoms with van der Waals surface area (Å²) >= 11 is 3.67. The normalized spacial score (nSPS) is 12.4. The molecule has 1 atom stereocenters. The summed E-state index contributed by atoms with van der Waals surface area (Å²) in [7, 11) is 1.31. The lowest BCUT2D eigenvalue weighted by Crippen LogP contribution is -2.39. The summed E-state index contributed by atoms with van der Waals surface area (Å²) in [6.07, 6.45) is 4.85. The molecule has 2 heterocycles. The van der Waals surface area contributed by atoms with Crippen molar-refractivity contribution in [3.05, 3.63) is 35.9 Å². The van der Waals surface area contributed by atoms with Gasteiger partial charge in [0.25, 0.3) is 0 Å². The minimum absolute atomic E-state index is 0.148. The third kappa shape index (κ3) is 4.14. The Hall–Kier alpha value is -1.81. The van der Waals surface area contributed by atoms with Crippen LogP contribution in [0.2, 0.25) is 5.15 Å². The van der Waals surface area contributed by atoms with Crippen molar-refractivity contribution in [3.63, 3.8) is 0 Å². The molecular weight excluding hydrogens is 342 g/mol. The molecule has 0 fully saturated rings. The molecule has 124 valence electrons. The largest absolute Gasteiger partial charge is 0.760 e. The lowest BCUT2D eigenvalue weighted by atomic mass is 10.4. The Morgan fingerprint density at radius 2 is 2.26 bits per heavy atom. The van der Waals surface area contributed by atoms with Crippen LogP contribution in [-0.2, 0) is 16.1 Å². The number of rotatable bonds is 6. The van der Waals surface area contributed by atoms with Crippen molar-refractivity contribution in [1.29, 1.82) is 0 Å². The third-order valence-electron chi connectivity index (χ3n) is 3.08. The molecule has 0 aliphatic rings. The first kappa shape index (κ1) is 17.5. The van der Waals surface area contributed by atoms with Gasteiger partial charge in [0.2, 0.25) is 5.91 Å². The Balaban J connectivity index is 2.26. The van der Waals surface area contributed by atoms with E-state index in [1.54, 1.807) is 37.6 Å². The van der Waals surface area contributed by atoms with Gasteiger partial charge in [-0.1, -0.05) is 11.6 Å². The van der Waals surface area contributed by atoms with E-state index in [0.29, 0.717) is 17.9 Å². The van der Waals surface area contributed by atoms with Crippen molar-refractivity contribution < 1.29 is 13.6 Å². The quantitative estimate of drug-likeness (QED) is 0.719. The highest BCUT2D eigenvalue weighted by Crippen LogP contribution is 2.26. The molecule has 0 spiro atoms. The predicted molar refractivity (Wildman–Crippen MR) is 85.9 cm³/mol. The zero-order valence-electron chi connectivity index (χ0n) is 12.5. The number of anilines is 1. The molecule has 0 radical (unpaired) electrons. The van der Waals surface area contributed by atoms with Gasteiger partial charge in [-0.15, -0.1) is 0 Å². The lowest BCUT2D eigenvalue weighted by molar-refractivity contribution is -0.118. The summed E-state index contributed by atoms with van der Waals surface area (Å²) in [5, 5.41) is 4.31. The van der Waals surface area contributed by atoms with E-state index in [-0.39, 0.29) is 11.7 Å². The van der Waals surface area contributed by atoms with E-state index < -0.39 is 17.2 Å². The number of halogens is 1. The minimum Gasteiger partial charge on any atom is -0.760 e. The number of hydrogen-bond acceptors (Lipinski definition) is 5. The Morgan fingerprint density at radius 3 is 2.83 bits per heavy atom. The monoisotopic (exact) mass is 356 g/mol. The van der Waals surface area contributed by atoms with Gasteiger partial charge in [0.1, 0.15) is 5.69 Å². The second-order valence-corrected chi connectivity index (χ2v) is 6.02. The number of amides is 1. The van der Waals surface area contributed by atoms with Crippen LogP contribution in [0.3, 0.4) is 0 Å². The molecule has 1 amide bonds. The van der Waals surface area contributed by atoms with Gasteiger partial charge in [-0.05, 0) is 26.1 Å². The fraction of sp³-hybridized carbons (Fsp3) is 0.308. The molecule has 0 N–H and O–H groups in total. The van der Waals surface area contributed by atoms with Crippen molar-refractivity contribution in [2.24, 2.45) is 0 Å². The standard InChI is InChI=1S/C13H16ClN5O3S/c1-3-18(12(20)9-17(2)23(21)22)11-8-19(16-13(11)14)10-5-4-6-15-7-10/h4-8H,3,9H2,1-2H3,(H,21,22)/p-1. The van der Waals surface area contributed by atoms with E-state index in [9.17, 15) is 13.6 Å². The number of nitrogens with zero attached hydrogens (tertiary/aromatic N) is 5. The van der Waals surface area contributed by atoms with Crippen LogP contribution in [0.5, 0.6) is 0 Å². The van der Waals surface area contributed by atoms with Crippen LogP contribution in [-0.4, -0.2) is 53.9 Å². The summed E-state index contributed by atoms with van der Waals surface area (Å²) in [5.74, 6) is -0.396. The molecular formula is C13H15ClN5O3S-. The van der Waals surface area contributed by atoms with Crippen molar-refractivity contribution in [2.45, 2.75) is 6.92 Å². The molecule has 0 aliphatic carbocycles. The van der Waals surface area contributed by atoms with Crippen molar-refractivity contribution in [1.82, 2.24) is 19.1 Å². The summed E-state index contributed by atoms with van der Waals surface area (Å²) in [6, 6.07) is 3.55. The van der Waals surface area contributed by atoms with Gasteiger partial charge in [-0.3, -0.25) is 14.0 Å². The molecule has 2 rings (SSSR count). The Morgan fingerprint density at radius 1 is 1.52 bits per heavy atom. The summed E-state index contributed by atoms with van der Waals surface area (Å²) < 4.78 is 24.1. The Labute approximate surface area is 141 Å². The first-order valence-corrected chi connectivity index (χ1v) is 8.11. The van der Waals surface area contributed by atoms with Crippen LogP contribution in [0, 0.1) is 0 Å². The van der Waals surface area contributed by atoms with E-state index in [2.05, 4.69) is 10.1 Å². The Kier molecular flexibility index (Phi) is 5.83. The molecule has 1 unspecified atom stereocenters. The van der Waals surface area contributed by atoms with Gasteiger partial charge >= 0.3 is 0 Å². The number of carbonyl (C=O) groups is 1. The molecule has 10 heteroatoms. The maximum Gasteiger partial charge on any atom is 0.242 e. The number of likely N-dealkylation sites (N-methyl/N-ethyl adjacent to an activating group) is 2. The van der Waals surface area contributed by atoms with E-state index in [1.807, 2.05) is 0 Å². The highest BCUT2D eigenvalue weighted by Gasteiger charge is 2.21. The van der Waals surface area contributed by atoms with E-state index in [1.165, 1.54) is 16.6 Å². The molecule has 0 aliphatic heterocycles.